The molecular formula is C12H24N2O2. The molecule has 0 spiro atoms. The van der Waals surface area contributed by atoms with Gasteiger partial charge in [-0.25, -0.2) is 0 Å². The van der Waals surface area contributed by atoms with E-state index < -0.39 is 5.97 Å². The molecule has 4 heteroatoms. The number of rotatable bonds is 6. The van der Waals surface area contributed by atoms with E-state index in [2.05, 4.69) is 10.2 Å². The zero-order valence-corrected chi connectivity index (χ0v) is 10.4. The second-order valence-corrected chi connectivity index (χ2v) is 4.97. The second kappa shape index (κ2) is 6.86. The van der Waals surface area contributed by atoms with Gasteiger partial charge in [0.25, 0.3) is 0 Å². The van der Waals surface area contributed by atoms with Gasteiger partial charge in [0.2, 0.25) is 0 Å². The average Bonchev–Trinajstić information content (AvgIpc) is 2.25. The van der Waals surface area contributed by atoms with Crippen LogP contribution in [-0.2, 0) is 4.79 Å². The van der Waals surface area contributed by atoms with Crippen LogP contribution >= 0.6 is 0 Å². The van der Waals surface area contributed by atoms with Crippen LogP contribution < -0.4 is 5.32 Å². The van der Waals surface area contributed by atoms with Gasteiger partial charge in [0, 0.05) is 13.1 Å². The van der Waals surface area contributed by atoms with Crippen molar-refractivity contribution in [3.05, 3.63) is 0 Å². The molecule has 0 saturated heterocycles. The fourth-order valence-corrected chi connectivity index (χ4v) is 2.37. The molecule has 1 aliphatic carbocycles. The van der Waals surface area contributed by atoms with Gasteiger partial charge in [-0.05, 0) is 32.9 Å². The molecule has 0 heterocycles. The minimum absolute atomic E-state index is 0.327. The number of aliphatic carboxylic acids is 1. The summed E-state index contributed by atoms with van der Waals surface area (Å²) < 4.78 is 0. The monoisotopic (exact) mass is 228 g/mol. The third-order valence-corrected chi connectivity index (χ3v) is 3.31. The van der Waals surface area contributed by atoms with Crippen LogP contribution in [0.15, 0.2) is 0 Å². The summed E-state index contributed by atoms with van der Waals surface area (Å²) in [6, 6.07) is -0.347. The Labute approximate surface area is 98.0 Å². The SMILES string of the molecule is CN(C)CCNC(C(=O)O)C1CCCCC1. The average molecular weight is 228 g/mol. The molecule has 1 aliphatic rings. The lowest BCUT2D eigenvalue weighted by atomic mass is 9.84. The number of nitrogens with zero attached hydrogens (tertiary/aromatic N) is 1. The number of carboxylic acids is 1. The van der Waals surface area contributed by atoms with Crippen molar-refractivity contribution in [1.82, 2.24) is 10.2 Å². The smallest absolute Gasteiger partial charge is 0.320 e. The van der Waals surface area contributed by atoms with E-state index in [0.29, 0.717) is 5.92 Å². The van der Waals surface area contributed by atoms with Crippen molar-refractivity contribution in [2.75, 3.05) is 27.2 Å². The van der Waals surface area contributed by atoms with Crippen LogP contribution in [-0.4, -0.2) is 49.2 Å². The van der Waals surface area contributed by atoms with Crippen LogP contribution in [0.4, 0.5) is 0 Å². The summed E-state index contributed by atoms with van der Waals surface area (Å²) in [4.78, 5) is 13.3. The summed E-state index contributed by atoms with van der Waals surface area (Å²) in [6.45, 7) is 1.64. The zero-order chi connectivity index (χ0) is 12.0. The minimum Gasteiger partial charge on any atom is -0.480 e. The molecule has 1 rings (SSSR count). The maximum absolute atomic E-state index is 11.2. The zero-order valence-electron chi connectivity index (χ0n) is 10.4. The summed E-state index contributed by atoms with van der Waals surface area (Å²) in [6.07, 6.45) is 5.76. The van der Waals surface area contributed by atoms with E-state index in [4.69, 9.17) is 0 Å². The van der Waals surface area contributed by atoms with Crippen molar-refractivity contribution in [2.24, 2.45) is 5.92 Å². The lowest BCUT2D eigenvalue weighted by Crippen LogP contribution is -2.45. The topological polar surface area (TPSA) is 52.6 Å². The molecule has 0 bridgehead atoms. The fraction of sp³-hybridized carbons (Fsp3) is 0.917. The molecule has 1 atom stereocenters. The molecule has 0 radical (unpaired) electrons. The van der Waals surface area contributed by atoms with Gasteiger partial charge in [-0.2, -0.15) is 0 Å². The van der Waals surface area contributed by atoms with Crippen molar-refractivity contribution in [3.8, 4) is 0 Å². The summed E-state index contributed by atoms with van der Waals surface area (Å²) in [5.74, 6) is -0.362. The number of hydrogen-bond donors (Lipinski definition) is 2. The number of carbonyl (C=O) groups is 1. The van der Waals surface area contributed by atoms with Gasteiger partial charge in [-0.15, -0.1) is 0 Å². The Hall–Kier alpha value is -0.610. The molecule has 0 aliphatic heterocycles. The molecule has 0 aromatic rings. The number of hydrogen-bond acceptors (Lipinski definition) is 3. The molecule has 0 amide bonds. The van der Waals surface area contributed by atoms with Crippen LogP contribution in [0.2, 0.25) is 0 Å². The molecule has 1 fully saturated rings. The number of carboxylic acid groups (broad SMARTS) is 1. The van der Waals surface area contributed by atoms with Crippen molar-refractivity contribution in [1.29, 1.82) is 0 Å². The van der Waals surface area contributed by atoms with Crippen LogP contribution in [0.1, 0.15) is 32.1 Å². The Balaban J connectivity index is 2.37. The molecule has 4 nitrogen and oxygen atoms in total. The summed E-state index contributed by atoms with van der Waals surface area (Å²) in [7, 11) is 4.00. The quantitative estimate of drug-likeness (QED) is 0.716. The Morgan fingerprint density at radius 3 is 2.50 bits per heavy atom. The van der Waals surface area contributed by atoms with E-state index in [9.17, 15) is 9.90 Å². The van der Waals surface area contributed by atoms with E-state index in [0.717, 1.165) is 25.9 Å². The van der Waals surface area contributed by atoms with Crippen LogP contribution in [0.3, 0.4) is 0 Å². The summed E-state index contributed by atoms with van der Waals surface area (Å²) in [5.41, 5.74) is 0. The Bertz CT molecular complexity index is 213. The molecule has 0 aromatic carbocycles. The maximum Gasteiger partial charge on any atom is 0.320 e. The summed E-state index contributed by atoms with van der Waals surface area (Å²) >= 11 is 0. The summed E-state index contributed by atoms with van der Waals surface area (Å²) in [5, 5.41) is 12.4. The number of nitrogens with one attached hydrogen (secondary N) is 1. The van der Waals surface area contributed by atoms with Gasteiger partial charge in [0.15, 0.2) is 0 Å². The van der Waals surface area contributed by atoms with Gasteiger partial charge < -0.3 is 15.3 Å². The highest BCUT2D eigenvalue weighted by Crippen LogP contribution is 2.26. The predicted molar refractivity (Wildman–Crippen MR) is 64.6 cm³/mol. The molecule has 2 N–H and O–H groups in total. The van der Waals surface area contributed by atoms with E-state index >= 15 is 0 Å². The van der Waals surface area contributed by atoms with Crippen molar-refractivity contribution in [3.63, 3.8) is 0 Å². The molecule has 1 unspecified atom stereocenters. The third kappa shape index (κ3) is 4.49. The maximum atomic E-state index is 11.2. The highest BCUT2D eigenvalue weighted by Gasteiger charge is 2.28. The lowest BCUT2D eigenvalue weighted by Gasteiger charge is -2.28. The van der Waals surface area contributed by atoms with Gasteiger partial charge in [0.05, 0.1) is 0 Å². The molecule has 94 valence electrons. The first-order chi connectivity index (χ1) is 7.61. The molecule has 16 heavy (non-hydrogen) atoms. The fourth-order valence-electron chi connectivity index (χ4n) is 2.37. The lowest BCUT2D eigenvalue weighted by molar-refractivity contribution is -0.141. The van der Waals surface area contributed by atoms with E-state index in [1.165, 1.54) is 19.3 Å². The van der Waals surface area contributed by atoms with Crippen molar-refractivity contribution in [2.45, 2.75) is 38.1 Å². The highest BCUT2D eigenvalue weighted by atomic mass is 16.4. The Morgan fingerprint density at radius 1 is 1.38 bits per heavy atom. The first-order valence-electron chi connectivity index (χ1n) is 6.22. The van der Waals surface area contributed by atoms with Gasteiger partial charge in [-0.3, -0.25) is 4.79 Å². The van der Waals surface area contributed by atoms with E-state index in [-0.39, 0.29) is 6.04 Å². The normalized spacial score (nSPS) is 19.9. The molecular weight excluding hydrogens is 204 g/mol. The standard InChI is InChI=1S/C12H24N2O2/c1-14(2)9-8-13-11(12(15)16)10-6-4-3-5-7-10/h10-11,13H,3-9H2,1-2H3,(H,15,16). The molecule has 1 saturated carbocycles. The van der Waals surface area contributed by atoms with Crippen molar-refractivity contribution < 1.29 is 9.90 Å². The van der Waals surface area contributed by atoms with E-state index in [1.54, 1.807) is 0 Å². The van der Waals surface area contributed by atoms with Crippen LogP contribution in [0.25, 0.3) is 0 Å². The predicted octanol–water partition coefficient (Wildman–Crippen LogP) is 1.17. The Kier molecular flexibility index (Phi) is 5.77. The number of likely N-dealkylation sites (N-methyl/N-ethyl adjacent to an activating group) is 1. The van der Waals surface area contributed by atoms with Crippen LogP contribution in [0, 0.1) is 5.92 Å². The highest BCUT2D eigenvalue weighted by molar-refractivity contribution is 5.73. The Morgan fingerprint density at radius 2 is 2.00 bits per heavy atom. The van der Waals surface area contributed by atoms with Crippen LogP contribution in [0.5, 0.6) is 0 Å². The van der Waals surface area contributed by atoms with Gasteiger partial charge >= 0.3 is 5.97 Å². The minimum atomic E-state index is -0.689. The van der Waals surface area contributed by atoms with E-state index in [1.807, 2.05) is 14.1 Å². The van der Waals surface area contributed by atoms with Gasteiger partial charge in [0.1, 0.15) is 6.04 Å². The molecule has 0 aromatic heterocycles. The van der Waals surface area contributed by atoms with Gasteiger partial charge in [-0.1, -0.05) is 19.3 Å². The van der Waals surface area contributed by atoms with Crippen molar-refractivity contribution >= 4 is 5.97 Å². The third-order valence-electron chi connectivity index (χ3n) is 3.31. The first-order valence-corrected chi connectivity index (χ1v) is 6.22. The largest absolute Gasteiger partial charge is 0.480 e. The first kappa shape index (κ1) is 13.5. The second-order valence-electron chi connectivity index (χ2n) is 4.97.